The number of carboxylic acid groups (broad SMARTS) is 1. The second-order valence-electron chi connectivity index (χ2n) is 4.63. The normalized spacial score (nSPS) is 22.8. The number of thioether (sulfide) groups is 2. The fourth-order valence-electron chi connectivity index (χ4n) is 2.53. The van der Waals surface area contributed by atoms with Gasteiger partial charge in [-0.2, -0.15) is 11.8 Å². The average Bonchev–Trinajstić information content (AvgIpc) is 2.94. The minimum Gasteiger partial charge on any atom is -0.481 e. The second-order valence-corrected chi connectivity index (χ2v) is 7.15. The molecular weight excluding hydrogens is 282 g/mol. The van der Waals surface area contributed by atoms with Crippen molar-refractivity contribution in [1.29, 1.82) is 0 Å². The molecule has 0 bridgehead atoms. The topological polar surface area (TPSA) is 68.0 Å². The van der Waals surface area contributed by atoms with Gasteiger partial charge in [-0.25, -0.2) is 0 Å². The van der Waals surface area contributed by atoms with Gasteiger partial charge in [-0.05, 0) is 31.9 Å². The molecule has 0 amide bonds. The summed E-state index contributed by atoms with van der Waals surface area (Å²) in [4.78, 5) is 10.7. The summed E-state index contributed by atoms with van der Waals surface area (Å²) in [5, 5.41) is 18.4. The van der Waals surface area contributed by atoms with Crippen LogP contribution in [0.5, 0.6) is 0 Å². The number of aliphatic carboxylic acids is 1. The summed E-state index contributed by atoms with van der Waals surface area (Å²) in [5.74, 6) is 1.26. The zero-order chi connectivity index (χ0) is 13.8. The van der Waals surface area contributed by atoms with E-state index in [0.29, 0.717) is 11.3 Å². The molecule has 1 aromatic rings. The van der Waals surface area contributed by atoms with Crippen molar-refractivity contribution >= 4 is 29.5 Å². The van der Waals surface area contributed by atoms with E-state index >= 15 is 0 Å². The fourth-order valence-corrected chi connectivity index (χ4v) is 4.44. The predicted molar refractivity (Wildman–Crippen MR) is 77.9 cm³/mol. The largest absolute Gasteiger partial charge is 0.481 e. The number of nitrogens with zero attached hydrogens (tertiary/aromatic N) is 3. The van der Waals surface area contributed by atoms with Crippen LogP contribution in [0.1, 0.15) is 38.1 Å². The summed E-state index contributed by atoms with van der Waals surface area (Å²) < 4.78 is 2.13. The number of hydrogen-bond acceptors (Lipinski definition) is 5. The molecule has 106 valence electrons. The second kappa shape index (κ2) is 6.65. The first kappa shape index (κ1) is 14.7. The van der Waals surface area contributed by atoms with Crippen molar-refractivity contribution in [2.45, 2.75) is 49.6 Å². The molecule has 1 saturated carbocycles. The van der Waals surface area contributed by atoms with Crippen molar-refractivity contribution in [1.82, 2.24) is 14.8 Å². The Hall–Kier alpha value is -0.690. The zero-order valence-electron chi connectivity index (χ0n) is 11.2. The van der Waals surface area contributed by atoms with Gasteiger partial charge in [0, 0.05) is 11.3 Å². The van der Waals surface area contributed by atoms with Crippen LogP contribution in [-0.4, -0.2) is 42.6 Å². The van der Waals surface area contributed by atoms with E-state index in [4.69, 9.17) is 5.11 Å². The molecule has 5 nitrogen and oxygen atoms in total. The Balaban J connectivity index is 2.07. The van der Waals surface area contributed by atoms with E-state index in [1.54, 1.807) is 0 Å². The van der Waals surface area contributed by atoms with Crippen LogP contribution in [0.3, 0.4) is 0 Å². The summed E-state index contributed by atoms with van der Waals surface area (Å²) >= 11 is 3.28. The lowest BCUT2D eigenvalue weighted by Gasteiger charge is -2.16. The lowest BCUT2D eigenvalue weighted by atomic mass is 10.2. The van der Waals surface area contributed by atoms with Crippen molar-refractivity contribution < 1.29 is 9.90 Å². The molecule has 0 aliphatic heterocycles. The number of aryl methyl sites for hydroxylation is 1. The highest BCUT2D eigenvalue weighted by atomic mass is 32.2. The third-order valence-corrected chi connectivity index (χ3v) is 5.44. The highest BCUT2D eigenvalue weighted by Gasteiger charge is 2.29. The smallest absolute Gasteiger partial charge is 0.313 e. The van der Waals surface area contributed by atoms with Crippen LogP contribution in [0.2, 0.25) is 0 Å². The first-order valence-corrected chi connectivity index (χ1v) is 8.53. The van der Waals surface area contributed by atoms with E-state index in [9.17, 15) is 4.79 Å². The molecule has 0 spiro atoms. The van der Waals surface area contributed by atoms with Crippen LogP contribution in [0.4, 0.5) is 0 Å². The first-order valence-electron chi connectivity index (χ1n) is 6.49. The monoisotopic (exact) mass is 301 g/mol. The maximum Gasteiger partial charge on any atom is 0.313 e. The summed E-state index contributed by atoms with van der Waals surface area (Å²) in [5.41, 5.74) is 0. The molecule has 7 heteroatoms. The molecule has 1 heterocycles. The Labute approximate surface area is 121 Å². The van der Waals surface area contributed by atoms with Crippen molar-refractivity contribution in [3.8, 4) is 0 Å². The lowest BCUT2D eigenvalue weighted by Crippen LogP contribution is -2.10. The van der Waals surface area contributed by atoms with Gasteiger partial charge in [-0.1, -0.05) is 18.7 Å². The summed E-state index contributed by atoms with van der Waals surface area (Å²) in [6, 6.07) is 0.426. The lowest BCUT2D eigenvalue weighted by molar-refractivity contribution is -0.133. The van der Waals surface area contributed by atoms with Crippen molar-refractivity contribution in [3.63, 3.8) is 0 Å². The van der Waals surface area contributed by atoms with Crippen molar-refractivity contribution in [2.75, 3.05) is 11.5 Å². The number of rotatable bonds is 6. The van der Waals surface area contributed by atoms with Gasteiger partial charge in [0.1, 0.15) is 5.82 Å². The maximum atomic E-state index is 10.7. The van der Waals surface area contributed by atoms with Gasteiger partial charge in [0.25, 0.3) is 0 Å². The van der Waals surface area contributed by atoms with Gasteiger partial charge in [-0.3, -0.25) is 4.79 Å². The molecular formula is C12H19N3O2S2. The van der Waals surface area contributed by atoms with Crippen molar-refractivity contribution in [3.05, 3.63) is 5.82 Å². The third-order valence-electron chi connectivity index (χ3n) is 3.28. The van der Waals surface area contributed by atoms with E-state index < -0.39 is 5.97 Å². The molecule has 1 N–H and O–H groups in total. The van der Waals surface area contributed by atoms with E-state index in [1.807, 2.05) is 18.7 Å². The fraction of sp³-hybridized carbons (Fsp3) is 0.750. The molecule has 1 fully saturated rings. The Kier molecular flexibility index (Phi) is 5.15. The van der Waals surface area contributed by atoms with Gasteiger partial charge in [0.2, 0.25) is 0 Å². The van der Waals surface area contributed by atoms with E-state index in [1.165, 1.54) is 18.2 Å². The number of aromatic nitrogens is 3. The zero-order valence-corrected chi connectivity index (χ0v) is 12.8. The molecule has 0 aromatic carbocycles. The number of carbonyl (C=O) groups is 1. The van der Waals surface area contributed by atoms with Crippen LogP contribution < -0.4 is 0 Å². The molecule has 2 unspecified atom stereocenters. The van der Waals surface area contributed by atoms with Gasteiger partial charge >= 0.3 is 5.97 Å². The Morgan fingerprint density at radius 3 is 2.95 bits per heavy atom. The molecule has 0 radical (unpaired) electrons. The van der Waals surface area contributed by atoms with Gasteiger partial charge in [0.15, 0.2) is 5.16 Å². The highest BCUT2D eigenvalue weighted by molar-refractivity contribution is 8.00. The van der Waals surface area contributed by atoms with Crippen LogP contribution >= 0.6 is 23.5 Å². The first-order chi connectivity index (χ1) is 9.11. The van der Waals surface area contributed by atoms with Gasteiger partial charge in [-0.15, -0.1) is 10.2 Å². The van der Waals surface area contributed by atoms with Crippen molar-refractivity contribution in [2.24, 2.45) is 0 Å². The van der Waals surface area contributed by atoms with E-state index in [2.05, 4.69) is 21.7 Å². The molecule has 2 atom stereocenters. The Morgan fingerprint density at radius 2 is 2.26 bits per heavy atom. The molecule has 1 aliphatic carbocycles. The average molecular weight is 301 g/mol. The molecule has 2 rings (SSSR count). The van der Waals surface area contributed by atoms with E-state index in [0.717, 1.165) is 29.6 Å². The maximum absolute atomic E-state index is 10.7. The predicted octanol–water partition coefficient (Wildman–Crippen LogP) is 2.61. The minimum absolute atomic E-state index is 0.0397. The third kappa shape index (κ3) is 3.66. The van der Waals surface area contributed by atoms with E-state index in [-0.39, 0.29) is 5.75 Å². The summed E-state index contributed by atoms with van der Waals surface area (Å²) in [6.45, 7) is 4.13. The SMILES string of the molecule is CCSC1CCC(n2c(C)nnc2SCC(=O)O)C1. The highest BCUT2D eigenvalue weighted by Crippen LogP contribution is 2.39. The number of hydrogen-bond donors (Lipinski definition) is 1. The van der Waals surface area contributed by atoms with Gasteiger partial charge < -0.3 is 9.67 Å². The van der Waals surface area contributed by atoms with Crippen LogP contribution in [0.15, 0.2) is 5.16 Å². The van der Waals surface area contributed by atoms with Crippen LogP contribution in [0.25, 0.3) is 0 Å². The Morgan fingerprint density at radius 1 is 1.47 bits per heavy atom. The minimum atomic E-state index is -0.817. The standard InChI is InChI=1S/C12H19N3O2S2/c1-3-18-10-5-4-9(6-10)15-8(2)13-14-12(15)19-7-11(16)17/h9-10H,3-7H2,1-2H3,(H,16,17). The molecule has 0 saturated heterocycles. The molecule has 1 aromatic heterocycles. The molecule has 1 aliphatic rings. The summed E-state index contributed by atoms with van der Waals surface area (Å²) in [7, 11) is 0. The number of carboxylic acids is 1. The quantitative estimate of drug-likeness (QED) is 0.815. The van der Waals surface area contributed by atoms with Crippen LogP contribution in [-0.2, 0) is 4.79 Å². The summed E-state index contributed by atoms with van der Waals surface area (Å²) in [6.07, 6.45) is 3.50. The molecule has 19 heavy (non-hydrogen) atoms. The Bertz CT molecular complexity index is 450. The van der Waals surface area contributed by atoms with Gasteiger partial charge in [0.05, 0.1) is 5.75 Å². The van der Waals surface area contributed by atoms with Crippen LogP contribution in [0, 0.1) is 6.92 Å².